The predicted molar refractivity (Wildman–Crippen MR) is 71.5 cm³/mol. The average molecular weight is 277 g/mol. The molecule has 0 spiro atoms. The lowest BCUT2D eigenvalue weighted by Gasteiger charge is -2.07. The number of halogens is 2. The quantitative estimate of drug-likeness (QED) is 0.871. The molecule has 0 aliphatic carbocycles. The fraction of sp³-hybridized carbons (Fsp3) is 0.133. The van der Waals surface area contributed by atoms with E-state index < -0.39 is 17.6 Å². The summed E-state index contributed by atoms with van der Waals surface area (Å²) in [5, 5.41) is 2.91. The van der Waals surface area contributed by atoms with E-state index in [4.69, 9.17) is 0 Å². The Bertz CT molecular complexity index is 592. The van der Waals surface area contributed by atoms with E-state index in [2.05, 4.69) is 10.1 Å². The molecule has 1 N–H and O–H groups in total. The first-order valence-corrected chi connectivity index (χ1v) is 5.95. The highest BCUT2D eigenvalue weighted by Crippen LogP contribution is 2.14. The van der Waals surface area contributed by atoms with Crippen LogP contribution in [0.2, 0.25) is 0 Å². The smallest absolute Gasteiger partial charge is 0.337 e. The maximum absolute atomic E-state index is 13.0. The highest BCUT2D eigenvalue weighted by Gasteiger charge is 2.04. The third kappa shape index (κ3) is 3.54. The van der Waals surface area contributed by atoms with Gasteiger partial charge in [0.2, 0.25) is 0 Å². The van der Waals surface area contributed by atoms with Crippen LogP contribution in [0.25, 0.3) is 0 Å². The van der Waals surface area contributed by atoms with Crippen molar-refractivity contribution in [2.24, 2.45) is 0 Å². The SMILES string of the molecule is COC(=O)c1ccc(CNc2cc(F)cc(F)c2)cc1. The number of anilines is 1. The zero-order valence-corrected chi connectivity index (χ0v) is 10.8. The second-order valence-corrected chi connectivity index (χ2v) is 4.20. The summed E-state index contributed by atoms with van der Waals surface area (Å²) >= 11 is 0. The number of hydrogen-bond donors (Lipinski definition) is 1. The van der Waals surface area contributed by atoms with Gasteiger partial charge in [-0.2, -0.15) is 0 Å². The second-order valence-electron chi connectivity index (χ2n) is 4.20. The molecule has 0 saturated heterocycles. The van der Waals surface area contributed by atoms with Crippen LogP contribution in [-0.2, 0) is 11.3 Å². The van der Waals surface area contributed by atoms with E-state index in [0.29, 0.717) is 17.8 Å². The monoisotopic (exact) mass is 277 g/mol. The first-order chi connectivity index (χ1) is 9.58. The molecule has 2 aromatic rings. The minimum atomic E-state index is -0.631. The lowest BCUT2D eigenvalue weighted by Crippen LogP contribution is -2.03. The van der Waals surface area contributed by atoms with E-state index in [1.165, 1.54) is 19.2 Å². The van der Waals surface area contributed by atoms with Crippen molar-refractivity contribution in [3.8, 4) is 0 Å². The number of methoxy groups -OCH3 is 1. The summed E-state index contributed by atoms with van der Waals surface area (Å²) in [6, 6.07) is 10.0. The maximum Gasteiger partial charge on any atom is 0.337 e. The summed E-state index contributed by atoms with van der Waals surface area (Å²) in [6.45, 7) is 0.393. The number of hydrogen-bond acceptors (Lipinski definition) is 3. The summed E-state index contributed by atoms with van der Waals surface area (Å²) in [5.41, 5.74) is 1.69. The summed E-state index contributed by atoms with van der Waals surface area (Å²) < 4.78 is 30.6. The van der Waals surface area contributed by atoms with Crippen LogP contribution in [-0.4, -0.2) is 13.1 Å². The van der Waals surface area contributed by atoms with Crippen LogP contribution in [0.3, 0.4) is 0 Å². The van der Waals surface area contributed by atoms with Gasteiger partial charge < -0.3 is 10.1 Å². The van der Waals surface area contributed by atoms with Gasteiger partial charge in [-0.05, 0) is 29.8 Å². The minimum Gasteiger partial charge on any atom is -0.465 e. The van der Waals surface area contributed by atoms with Gasteiger partial charge in [-0.3, -0.25) is 0 Å². The van der Waals surface area contributed by atoms with E-state index in [9.17, 15) is 13.6 Å². The number of carbonyl (C=O) groups excluding carboxylic acids is 1. The van der Waals surface area contributed by atoms with E-state index >= 15 is 0 Å². The Morgan fingerprint density at radius 2 is 1.70 bits per heavy atom. The zero-order valence-electron chi connectivity index (χ0n) is 10.8. The standard InChI is InChI=1S/C15H13F2NO2/c1-20-15(19)11-4-2-10(3-5-11)9-18-14-7-12(16)6-13(17)8-14/h2-8,18H,9H2,1H3. The Morgan fingerprint density at radius 3 is 2.25 bits per heavy atom. The second kappa shape index (κ2) is 6.14. The molecule has 2 aromatic carbocycles. The first-order valence-electron chi connectivity index (χ1n) is 5.95. The molecule has 0 saturated carbocycles. The van der Waals surface area contributed by atoms with Crippen LogP contribution in [0.15, 0.2) is 42.5 Å². The first kappa shape index (κ1) is 14.0. The van der Waals surface area contributed by atoms with E-state index in [1.807, 2.05) is 0 Å². The van der Waals surface area contributed by atoms with Crippen LogP contribution in [0.5, 0.6) is 0 Å². The van der Waals surface area contributed by atoms with Gasteiger partial charge >= 0.3 is 5.97 Å². The third-order valence-corrected chi connectivity index (χ3v) is 2.73. The largest absolute Gasteiger partial charge is 0.465 e. The number of esters is 1. The molecule has 0 atom stereocenters. The molecule has 0 fully saturated rings. The van der Waals surface area contributed by atoms with Gasteiger partial charge in [-0.15, -0.1) is 0 Å². The Labute approximate surface area is 115 Å². The lowest BCUT2D eigenvalue weighted by atomic mass is 10.1. The molecule has 5 heteroatoms. The minimum absolute atomic E-state index is 0.361. The Morgan fingerprint density at radius 1 is 1.10 bits per heavy atom. The van der Waals surface area contributed by atoms with Crippen molar-refractivity contribution in [1.82, 2.24) is 0 Å². The zero-order chi connectivity index (χ0) is 14.5. The predicted octanol–water partition coefficient (Wildman–Crippen LogP) is 3.36. The van der Waals surface area contributed by atoms with Gasteiger partial charge in [-0.1, -0.05) is 12.1 Å². The molecule has 0 unspecified atom stereocenters. The fourth-order valence-electron chi connectivity index (χ4n) is 1.74. The molecule has 20 heavy (non-hydrogen) atoms. The van der Waals surface area contributed by atoms with Gasteiger partial charge in [0.1, 0.15) is 11.6 Å². The van der Waals surface area contributed by atoms with Crippen LogP contribution >= 0.6 is 0 Å². The van der Waals surface area contributed by atoms with Crippen molar-refractivity contribution in [2.75, 3.05) is 12.4 Å². The van der Waals surface area contributed by atoms with Crippen molar-refractivity contribution in [2.45, 2.75) is 6.54 Å². The van der Waals surface area contributed by atoms with Crippen molar-refractivity contribution in [1.29, 1.82) is 0 Å². The normalized spacial score (nSPS) is 10.2. The van der Waals surface area contributed by atoms with Crippen molar-refractivity contribution in [3.63, 3.8) is 0 Å². The topological polar surface area (TPSA) is 38.3 Å². The molecule has 0 bridgehead atoms. The van der Waals surface area contributed by atoms with E-state index in [0.717, 1.165) is 11.6 Å². The summed E-state index contributed by atoms with van der Waals surface area (Å²) in [4.78, 5) is 11.3. The van der Waals surface area contributed by atoms with Crippen LogP contribution in [0.1, 0.15) is 15.9 Å². The third-order valence-electron chi connectivity index (χ3n) is 2.73. The number of ether oxygens (including phenoxy) is 1. The Hall–Kier alpha value is -2.43. The summed E-state index contributed by atoms with van der Waals surface area (Å²) in [7, 11) is 1.32. The number of benzene rings is 2. The number of carbonyl (C=O) groups is 1. The molecule has 0 heterocycles. The summed E-state index contributed by atoms with van der Waals surface area (Å²) in [6.07, 6.45) is 0. The molecule has 0 aliphatic heterocycles. The molecule has 3 nitrogen and oxygen atoms in total. The highest BCUT2D eigenvalue weighted by molar-refractivity contribution is 5.89. The molecule has 104 valence electrons. The van der Waals surface area contributed by atoms with Crippen molar-refractivity contribution < 1.29 is 18.3 Å². The van der Waals surface area contributed by atoms with Gasteiger partial charge in [0.25, 0.3) is 0 Å². The number of nitrogens with one attached hydrogen (secondary N) is 1. The van der Waals surface area contributed by atoms with Crippen LogP contribution < -0.4 is 5.32 Å². The van der Waals surface area contributed by atoms with Crippen molar-refractivity contribution >= 4 is 11.7 Å². The average Bonchev–Trinajstić information content (AvgIpc) is 2.44. The fourth-order valence-corrected chi connectivity index (χ4v) is 1.74. The van der Waals surface area contributed by atoms with Crippen LogP contribution in [0, 0.1) is 11.6 Å². The van der Waals surface area contributed by atoms with E-state index in [1.54, 1.807) is 24.3 Å². The van der Waals surface area contributed by atoms with Gasteiger partial charge in [-0.25, -0.2) is 13.6 Å². The van der Waals surface area contributed by atoms with Crippen LogP contribution in [0.4, 0.5) is 14.5 Å². The lowest BCUT2D eigenvalue weighted by molar-refractivity contribution is 0.0600. The Balaban J connectivity index is 2.02. The van der Waals surface area contributed by atoms with Gasteiger partial charge in [0, 0.05) is 18.3 Å². The highest BCUT2D eigenvalue weighted by atomic mass is 19.1. The van der Waals surface area contributed by atoms with Crippen molar-refractivity contribution in [3.05, 3.63) is 65.2 Å². The molecule has 0 aromatic heterocycles. The van der Waals surface area contributed by atoms with Gasteiger partial charge in [0.15, 0.2) is 0 Å². The molecular formula is C15H13F2NO2. The molecule has 0 amide bonds. The molecule has 2 rings (SSSR count). The molecule has 0 aliphatic rings. The Kier molecular flexibility index (Phi) is 4.30. The number of rotatable bonds is 4. The summed E-state index contributed by atoms with van der Waals surface area (Å²) in [5.74, 6) is -1.67. The molecule has 0 radical (unpaired) electrons. The van der Waals surface area contributed by atoms with Gasteiger partial charge in [0.05, 0.1) is 12.7 Å². The maximum atomic E-state index is 13.0. The van der Waals surface area contributed by atoms with E-state index in [-0.39, 0.29) is 0 Å². The molecular weight excluding hydrogens is 264 g/mol.